The molecule has 172 valence electrons. The van der Waals surface area contributed by atoms with Crippen molar-refractivity contribution in [2.45, 2.75) is 26.9 Å². The Kier molecular flexibility index (Phi) is 4.71. The lowest BCUT2D eigenvalue weighted by molar-refractivity contribution is 0.0631. The molecule has 0 atom stereocenters. The van der Waals surface area contributed by atoms with Crippen LogP contribution in [0.2, 0.25) is 0 Å². The van der Waals surface area contributed by atoms with Crippen LogP contribution in [0.25, 0.3) is 21.8 Å². The van der Waals surface area contributed by atoms with E-state index in [-0.39, 0.29) is 23.8 Å². The van der Waals surface area contributed by atoms with E-state index < -0.39 is 0 Å². The molecule has 5 aromatic rings. The molecule has 0 aliphatic carbocycles. The van der Waals surface area contributed by atoms with Gasteiger partial charge in [0.1, 0.15) is 11.5 Å². The highest BCUT2D eigenvalue weighted by Crippen LogP contribution is 2.27. The summed E-state index contributed by atoms with van der Waals surface area (Å²) in [4.78, 5) is 39.9. The van der Waals surface area contributed by atoms with Gasteiger partial charge < -0.3 is 8.98 Å². The fourth-order valence-corrected chi connectivity index (χ4v) is 4.95. The lowest BCUT2D eigenvalue weighted by atomic mass is 10.0. The number of imide groups is 1. The molecule has 35 heavy (non-hydrogen) atoms. The van der Waals surface area contributed by atoms with E-state index >= 15 is 0 Å². The summed E-state index contributed by atoms with van der Waals surface area (Å²) < 4.78 is 8.21. The zero-order valence-electron chi connectivity index (χ0n) is 19.4. The van der Waals surface area contributed by atoms with Crippen LogP contribution in [0.1, 0.15) is 43.4 Å². The number of para-hydroxylation sites is 1. The lowest BCUT2D eigenvalue weighted by Crippen LogP contribution is -2.28. The minimum atomic E-state index is -0.313. The van der Waals surface area contributed by atoms with Crippen molar-refractivity contribution in [1.29, 1.82) is 0 Å². The van der Waals surface area contributed by atoms with Crippen LogP contribution in [-0.4, -0.2) is 21.3 Å². The molecule has 2 amide bonds. The van der Waals surface area contributed by atoms with E-state index in [0.29, 0.717) is 40.0 Å². The quantitative estimate of drug-likeness (QED) is 0.272. The molecule has 0 bridgehead atoms. The Morgan fingerprint density at radius 2 is 1.31 bits per heavy atom. The molecular formula is C29H22N2O4. The molecule has 0 N–H and O–H groups in total. The van der Waals surface area contributed by atoms with Crippen LogP contribution in [0.3, 0.4) is 0 Å². The van der Waals surface area contributed by atoms with Gasteiger partial charge in [-0.1, -0.05) is 30.3 Å². The Morgan fingerprint density at radius 3 is 2.03 bits per heavy atom. The van der Waals surface area contributed by atoms with Crippen molar-refractivity contribution in [2.24, 2.45) is 0 Å². The largest absolute Gasteiger partial charge is 0.462 e. The Bertz CT molecular complexity index is 1710. The standard InChI is InChI=1S/C29H22N2O4/c1-17-11-14-24-26(18(17)2)30(25-10-6-5-9-23(25)27(24)32)15-19-12-13-20(35-19)16-31-28(33)21-7-3-4-8-22(21)29(31)34/h3-14H,15-16H2,1-2H3. The van der Waals surface area contributed by atoms with Gasteiger partial charge in [0.2, 0.25) is 0 Å². The van der Waals surface area contributed by atoms with E-state index in [2.05, 4.69) is 4.57 Å². The molecule has 1 aliphatic heterocycles. The lowest BCUT2D eigenvalue weighted by Gasteiger charge is -2.17. The summed E-state index contributed by atoms with van der Waals surface area (Å²) >= 11 is 0. The fraction of sp³-hybridized carbons (Fsp3) is 0.138. The minimum Gasteiger partial charge on any atom is -0.462 e. The summed E-state index contributed by atoms with van der Waals surface area (Å²) in [6, 6.07) is 21.9. The highest BCUT2D eigenvalue weighted by Gasteiger charge is 2.35. The Balaban J connectivity index is 1.39. The van der Waals surface area contributed by atoms with Crippen LogP contribution in [0.4, 0.5) is 0 Å². The van der Waals surface area contributed by atoms with Crippen LogP contribution >= 0.6 is 0 Å². The Labute approximate surface area is 201 Å². The third-order valence-corrected chi connectivity index (χ3v) is 6.88. The molecule has 0 unspecified atom stereocenters. The number of furan rings is 1. The van der Waals surface area contributed by atoms with Crippen molar-refractivity contribution in [3.05, 3.63) is 117 Å². The van der Waals surface area contributed by atoms with Gasteiger partial charge in [-0.3, -0.25) is 19.3 Å². The van der Waals surface area contributed by atoms with Gasteiger partial charge in [0, 0.05) is 10.8 Å². The van der Waals surface area contributed by atoms with Crippen LogP contribution < -0.4 is 5.43 Å². The average molecular weight is 463 g/mol. The number of carbonyl (C=O) groups is 2. The van der Waals surface area contributed by atoms with Gasteiger partial charge in [-0.25, -0.2) is 0 Å². The van der Waals surface area contributed by atoms with Crippen molar-refractivity contribution in [3.8, 4) is 0 Å². The molecule has 0 spiro atoms. The molecule has 6 heteroatoms. The van der Waals surface area contributed by atoms with Gasteiger partial charge in [-0.2, -0.15) is 0 Å². The number of benzene rings is 3. The van der Waals surface area contributed by atoms with Crippen molar-refractivity contribution in [1.82, 2.24) is 9.47 Å². The molecule has 0 saturated heterocycles. The van der Waals surface area contributed by atoms with Gasteiger partial charge in [-0.15, -0.1) is 0 Å². The Morgan fingerprint density at radius 1 is 0.686 bits per heavy atom. The average Bonchev–Trinajstić information content (AvgIpc) is 3.42. The monoisotopic (exact) mass is 462 g/mol. The number of aromatic nitrogens is 1. The molecule has 3 aromatic carbocycles. The first-order valence-electron chi connectivity index (χ1n) is 11.5. The van der Waals surface area contributed by atoms with E-state index in [4.69, 9.17) is 4.42 Å². The fourth-order valence-electron chi connectivity index (χ4n) is 4.95. The van der Waals surface area contributed by atoms with E-state index in [0.717, 1.165) is 22.2 Å². The van der Waals surface area contributed by atoms with Gasteiger partial charge in [-0.05, 0) is 67.4 Å². The number of pyridine rings is 1. The molecule has 0 saturated carbocycles. The van der Waals surface area contributed by atoms with Crippen molar-refractivity contribution < 1.29 is 14.0 Å². The first-order chi connectivity index (χ1) is 16.9. The molecule has 3 heterocycles. The highest BCUT2D eigenvalue weighted by molar-refractivity contribution is 6.21. The number of hydrogen-bond donors (Lipinski definition) is 0. The van der Waals surface area contributed by atoms with E-state index in [1.807, 2.05) is 56.3 Å². The second-order valence-corrected chi connectivity index (χ2v) is 8.95. The third kappa shape index (κ3) is 3.21. The molecule has 6 nitrogen and oxygen atoms in total. The molecule has 2 aromatic heterocycles. The summed E-state index contributed by atoms with van der Waals surface area (Å²) in [5.74, 6) is 0.573. The Hall–Kier alpha value is -4.45. The van der Waals surface area contributed by atoms with Crippen molar-refractivity contribution in [3.63, 3.8) is 0 Å². The number of rotatable bonds is 4. The van der Waals surface area contributed by atoms with Gasteiger partial charge >= 0.3 is 0 Å². The number of fused-ring (bicyclic) bond motifs is 3. The zero-order chi connectivity index (χ0) is 24.3. The second-order valence-electron chi connectivity index (χ2n) is 8.95. The summed E-state index contributed by atoms with van der Waals surface area (Å²) in [7, 11) is 0. The number of carbonyl (C=O) groups excluding carboxylic acids is 2. The summed E-state index contributed by atoms with van der Waals surface area (Å²) in [6.07, 6.45) is 0. The predicted molar refractivity (Wildman–Crippen MR) is 134 cm³/mol. The normalized spacial score (nSPS) is 13.3. The maximum atomic E-state index is 13.2. The molecule has 0 fully saturated rings. The highest BCUT2D eigenvalue weighted by atomic mass is 16.3. The van der Waals surface area contributed by atoms with E-state index in [9.17, 15) is 14.4 Å². The second kappa shape index (κ2) is 7.81. The minimum absolute atomic E-state index is 0.0145. The number of nitrogens with zero attached hydrogens (tertiary/aromatic N) is 2. The topological polar surface area (TPSA) is 72.5 Å². The molecule has 6 rings (SSSR count). The predicted octanol–water partition coefficient (Wildman–Crippen LogP) is 5.21. The third-order valence-electron chi connectivity index (χ3n) is 6.88. The maximum Gasteiger partial charge on any atom is 0.261 e. The smallest absolute Gasteiger partial charge is 0.261 e. The van der Waals surface area contributed by atoms with Gasteiger partial charge in [0.15, 0.2) is 5.43 Å². The van der Waals surface area contributed by atoms with E-state index in [1.54, 1.807) is 30.3 Å². The van der Waals surface area contributed by atoms with Crippen LogP contribution in [-0.2, 0) is 13.1 Å². The van der Waals surface area contributed by atoms with Crippen molar-refractivity contribution in [2.75, 3.05) is 0 Å². The first kappa shape index (κ1) is 21.1. The first-order valence-corrected chi connectivity index (χ1v) is 11.5. The zero-order valence-corrected chi connectivity index (χ0v) is 19.4. The maximum absolute atomic E-state index is 13.2. The molecule has 0 radical (unpaired) electrons. The van der Waals surface area contributed by atoms with Crippen LogP contribution in [0, 0.1) is 13.8 Å². The van der Waals surface area contributed by atoms with E-state index in [1.165, 1.54) is 4.90 Å². The van der Waals surface area contributed by atoms with Gasteiger partial charge in [0.25, 0.3) is 11.8 Å². The number of amides is 2. The van der Waals surface area contributed by atoms with Crippen molar-refractivity contribution >= 4 is 33.6 Å². The SMILES string of the molecule is Cc1ccc2c(=O)c3ccccc3n(Cc3ccc(CN4C(=O)c5ccccc5C4=O)o3)c2c1C. The number of aryl methyl sites for hydroxylation is 2. The molecule has 1 aliphatic rings. The summed E-state index contributed by atoms with van der Waals surface area (Å²) in [5, 5.41) is 1.32. The summed E-state index contributed by atoms with van der Waals surface area (Å²) in [5.41, 5.74) is 4.71. The summed E-state index contributed by atoms with van der Waals surface area (Å²) in [6.45, 7) is 4.53. The molecular weight excluding hydrogens is 440 g/mol. The van der Waals surface area contributed by atoms with Crippen LogP contribution in [0.15, 0.2) is 82.0 Å². The van der Waals surface area contributed by atoms with Crippen LogP contribution in [0.5, 0.6) is 0 Å². The van der Waals surface area contributed by atoms with Gasteiger partial charge in [0.05, 0.1) is 35.2 Å². The number of hydrogen-bond acceptors (Lipinski definition) is 4.